The third kappa shape index (κ3) is 4.87. The third-order valence-corrected chi connectivity index (χ3v) is 7.86. The number of nitrogens with zero attached hydrogens (tertiary/aromatic N) is 2. The van der Waals surface area contributed by atoms with Gasteiger partial charge in [-0.2, -0.15) is 4.31 Å². The largest absolute Gasteiger partial charge is 0.317 e. The lowest BCUT2D eigenvalue weighted by molar-refractivity contribution is -0.118. The topological polar surface area (TPSA) is 69.7 Å². The van der Waals surface area contributed by atoms with Crippen molar-refractivity contribution in [2.75, 3.05) is 37.6 Å². The van der Waals surface area contributed by atoms with Crippen molar-refractivity contribution in [1.29, 1.82) is 0 Å². The van der Waals surface area contributed by atoms with E-state index >= 15 is 0 Å². The van der Waals surface area contributed by atoms with Crippen LogP contribution in [0, 0.1) is 5.92 Å². The fourth-order valence-electron chi connectivity index (χ4n) is 4.14. The maximum Gasteiger partial charge on any atom is 0.243 e. The van der Waals surface area contributed by atoms with Gasteiger partial charge in [0.15, 0.2) is 0 Å². The fraction of sp³-hybridized carbons (Fsp3) is 0.650. The zero-order chi connectivity index (χ0) is 19.4. The van der Waals surface area contributed by atoms with Crippen molar-refractivity contribution in [3.05, 3.63) is 23.8 Å². The molecule has 0 radical (unpaired) electrons. The summed E-state index contributed by atoms with van der Waals surface area (Å²) in [6.45, 7) is 7.35. The molecule has 1 aromatic carbocycles. The molecule has 1 fully saturated rings. The number of carbonyl (C=O) groups is 1. The van der Waals surface area contributed by atoms with Crippen LogP contribution in [0.4, 0.5) is 5.69 Å². The van der Waals surface area contributed by atoms with E-state index < -0.39 is 10.0 Å². The molecule has 2 aliphatic rings. The number of halogens is 1. The molecule has 28 heavy (non-hydrogen) atoms. The van der Waals surface area contributed by atoms with Crippen LogP contribution >= 0.6 is 12.4 Å². The van der Waals surface area contributed by atoms with Gasteiger partial charge in [-0.05, 0) is 68.5 Å². The molecular formula is C20H32ClN3O3S. The highest BCUT2D eigenvalue weighted by Crippen LogP contribution is 2.32. The monoisotopic (exact) mass is 429 g/mol. The van der Waals surface area contributed by atoms with Crippen LogP contribution in [0.2, 0.25) is 0 Å². The van der Waals surface area contributed by atoms with Gasteiger partial charge in [0.1, 0.15) is 0 Å². The minimum atomic E-state index is -3.46. The lowest BCUT2D eigenvalue weighted by Gasteiger charge is -2.24. The minimum absolute atomic E-state index is 0. The summed E-state index contributed by atoms with van der Waals surface area (Å²) in [7, 11) is -3.46. The average Bonchev–Trinajstić information content (AvgIpc) is 3.11. The van der Waals surface area contributed by atoms with Crippen molar-refractivity contribution in [1.82, 2.24) is 9.62 Å². The lowest BCUT2D eigenvalue weighted by atomic mass is 9.93. The summed E-state index contributed by atoms with van der Waals surface area (Å²) in [5, 5.41) is 3.36. The Kier molecular flexibility index (Phi) is 8.30. The van der Waals surface area contributed by atoms with E-state index in [4.69, 9.17) is 0 Å². The first-order valence-corrected chi connectivity index (χ1v) is 11.6. The first-order valence-electron chi connectivity index (χ1n) is 10.1. The average molecular weight is 430 g/mol. The summed E-state index contributed by atoms with van der Waals surface area (Å²) >= 11 is 0. The summed E-state index contributed by atoms with van der Waals surface area (Å²) in [6, 6.07) is 5.20. The van der Waals surface area contributed by atoms with Crippen molar-refractivity contribution in [3.8, 4) is 0 Å². The highest BCUT2D eigenvalue weighted by molar-refractivity contribution is 7.89. The summed E-state index contributed by atoms with van der Waals surface area (Å²) in [6.07, 6.45) is 4.54. The maximum absolute atomic E-state index is 12.7. The molecule has 158 valence electrons. The number of amides is 1. The van der Waals surface area contributed by atoms with Crippen molar-refractivity contribution in [2.24, 2.45) is 5.92 Å². The third-order valence-electron chi connectivity index (χ3n) is 5.82. The van der Waals surface area contributed by atoms with Gasteiger partial charge in [-0.3, -0.25) is 4.79 Å². The van der Waals surface area contributed by atoms with Crippen LogP contribution < -0.4 is 10.2 Å². The number of hydrogen-bond donors (Lipinski definition) is 1. The molecule has 2 aliphatic heterocycles. The number of piperidine rings is 1. The molecule has 0 saturated carbocycles. The number of nitrogens with one attached hydrogen (secondary N) is 1. The first kappa shape index (κ1) is 23.1. The number of carbonyl (C=O) groups excluding carboxylic acids is 1. The molecule has 0 atom stereocenters. The van der Waals surface area contributed by atoms with Gasteiger partial charge in [-0.1, -0.05) is 13.8 Å². The van der Waals surface area contributed by atoms with Gasteiger partial charge in [0.25, 0.3) is 0 Å². The van der Waals surface area contributed by atoms with Gasteiger partial charge in [0, 0.05) is 31.7 Å². The molecule has 0 aliphatic carbocycles. The van der Waals surface area contributed by atoms with E-state index in [1.165, 1.54) is 4.31 Å². The van der Waals surface area contributed by atoms with E-state index in [2.05, 4.69) is 5.32 Å². The number of fused-ring (bicyclic) bond motifs is 1. The number of hydrogen-bond acceptors (Lipinski definition) is 4. The van der Waals surface area contributed by atoms with Crippen LogP contribution in [0.5, 0.6) is 0 Å². The van der Waals surface area contributed by atoms with Gasteiger partial charge < -0.3 is 10.2 Å². The van der Waals surface area contributed by atoms with Gasteiger partial charge in [-0.15, -0.1) is 12.4 Å². The van der Waals surface area contributed by atoms with Crippen LogP contribution in [0.25, 0.3) is 0 Å². The molecule has 0 aromatic heterocycles. The molecule has 8 heteroatoms. The first-order chi connectivity index (χ1) is 13.0. The number of anilines is 1. The Balaban J connectivity index is 0.00000280. The van der Waals surface area contributed by atoms with Crippen molar-refractivity contribution < 1.29 is 13.2 Å². The minimum Gasteiger partial charge on any atom is -0.317 e. The van der Waals surface area contributed by atoms with E-state index in [1.54, 1.807) is 18.2 Å². The Morgan fingerprint density at radius 1 is 1.21 bits per heavy atom. The molecule has 1 N–H and O–H groups in total. The SMILES string of the molecule is CCN(CC)S(=O)(=O)c1ccc2c(c1)CCN2C(=O)CCC1CCNCC1.Cl. The maximum atomic E-state index is 12.7. The molecule has 1 aromatic rings. The van der Waals surface area contributed by atoms with Crippen LogP contribution in [0.15, 0.2) is 23.1 Å². The summed E-state index contributed by atoms with van der Waals surface area (Å²) < 4.78 is 26.9. The second-order valence-corrected chi connectivity index (χ2v) is 9.35. The summed E-state index contributed by atoms with van der Waals surface area (Å²) in [5.41, 5.74) is 1.84. The van der Waals surface area contributed by atoms with Gasteiger partial charge in [0.05, 0.1) is 4.90 Å². The second-order valence-electron chi connectivity index (χ2n) is 7.41. The molecule has 2 heterocycles. The van der Waals surface area contributed by atoms with E-state index in [0.29, 0.717) is 36.9 Å². The van der Waals surface area contributed by atoms with Crippen molar-refractivity contribution in [2.45, 2.75) is 50.8 Å². The predicted molar refractivity (Wildman–Crippen MR) is 115 cm³/mol. The van der Waals surface area contributed by atoms with E-state index in [-0.39, 0.29) is 18.3 Å². The van der Waals surface area contributed by atoms with E-state index in [1.807, 2.05) is 18.7 Å². The number of sulfonamides is 1. The quantitative estimate of drug-likeness (QED) is 0.723. The highest BCUT2D eigenvalue weighted by Gasteiger charge is 2.28. The summed E-state index contributed by atoms with van der Waals surface area (Å²) in [4.78, 5) is 14.9. The van der Waals surface area contributed by atoms with Crippen LogP contribution in [-0.4, -0.2) is 51.4 Å². The van der Waals surface area contributed by atoms with Crippen LogP contribution in [0.1, 0.15) is 45.1 Å². The van der Waals surface area contributed by atoms with Gasteiger partial charge in [-0.25, -0.2) is 8.42 Å². The predicted octanol–water partition coefficient (Wildman–Crippen LogP) is 2.81. The molecule has 1 amide bonds. The number of benzene rings is 1. The molecule has 6 nitrogen and oxygen atoms in total. The van der Waals surface area contributed by atoms with E-state index in [0.717, 1.165) is 50.0 Å². The lowest BCUT2D eigenvalue weighted by Crippen LogP contribution is -2.31. The Morgan fingerprint density at radius 3 is 2.54 bits per heavy atom. The molecule has 0 spiro atoms. The van der Waals surface area contributed by atoms with E-state index in [9.17, 15) is 13.2 Å². The Hall–Kier alpha value is -1.15. The zero-order valence-corrected chi connectivity index (χ0v) is 18.4. The second kappa shape index (κ2) is 10.1. The van der Waals surface area contributed by atoms with Crippen molar-refractivity contribution in [3.63, 3.8) is 0 Å². The fourth-order valence-corrected chi connectivity index (χ4v) is 5.65. The zero-order valence-electron chi connectivity index (χ0n) is 16.8. The number of rotatable bonds is 7. The Bertz CT molecular complexity index is 775. The van der Waals surface area contributed by atoms with Crippen LogP contribution in [0.3, 0.4) is 0 Å². The standard InChI is InChI=1S/C20H31N3O3S.ClH/c1-3-22(4-2)27(25,26)18-6-7-19-17(15-18)11-14-23(19)20(24)8-5-16-9-12-21-13-10-16;/h6-7,15-16,21H,3-5,8-14H2,1-2H3;1H. The molecule has 3 rings (SSSR count). The molecular weight excluding hydrogens is 398 g/mol. The van der Waals surface area contributed by atoms with Crippen molar-refractivity contribution >= 4 is 34.0 Å². The van der Waals surface area contributed by atoms with Crippen LogP contribution in [-0.2, 0) is 21.2 Å². The highest BCUT2D eigenvalue weighted by atomic mass is 35.5. The van der Waals surface area contributed by atoms with Gasteiger partial charge >= 0.3 is 0 Å². The van der Waals surface area contributed by atoms with Gasteiger partial charge in [0.2, 0.25) is 15.9 Å². The smallest absolute Gasteiger partial charge is 0.243 e. The molecule has 0 bridgehead atoms. The normalized spacial score (nSPS) is 17.5. The molecule has 0 unspecified atom stereocenters. The Labute approximate surface area is 175 Å². The molecule has 1 saturated heterocycles. The Morgan fingerprint density at radius 2 is 1.89 bits per heavy atom. The summed E-state index contributed by atoms with van der Waals surface area (Å²) in [5.74, 6) is 0.797.